The Hall–Kier alpha value is -2.09. The molecule has 0 saturated heterocycles. The SMILES string of the molecule is C=CC(C)(C)OC[C@H](NNC(=O)OCc1ccc(Cl)cc1)C(=O)O. The van der Waals surface area contributed by atoms with Crippen LogP contribution in [0.25, 0.3) is 0 Å². The molecule has 0 aromatic heterocycles. The first-order chi connectivity index (χ1) is 11.2. The molecular formula is C16H21ClN2O5. The maximum Gasteiger partial charge on any atom is 0.421 e. The van der Waals surface area contributed by atoms with Gasteiger partial charge in [-0.15, -0.1) is 6.58 Å². The van der Waals surface area contributed by atoms with Crippen LogP contribution < -0.4 is 10.9 Å². The number of ether oxygens (including phenoxy) is 2. The zero-order valence-electron chi connectivity index (χ0n) is 13.5. The minimum atomic E-state index is -1.17. The molecule has 1 amide bonds. The summed E-state index contributed by atoms with van der Waals surface area (Å²) in [4.78, 5) is 22.8. The molecule has 3 N–H and O–H groups in total. The summed E-state index contributed by atoms with van der Waals surface area (Å²) in [7, 11) is 0. The Labute approximate surface area is 145 Å². The molecule has 1 aromatic carbocycles. The molecule has 0 spiro atoms. The highest BCUT2D eigenvalue weighted by atomic mass is 35.5. The minimum Gasteiger partial charge on any atom is -0.480 e. The van der Waals surface area contributed by atoms with Crippen molar-refractivity contribution in [3.8, 4) is 0 Å². The summed E-state index contributed by atoms with van der Waals surface area (Å²) in [6.07, 6.45) is 0.749. The molecule has 0 radical (unpaired) electrons. The largest absolute Gasteiger partial charge is 0.480 e. The number of amides is 1. The lowest BCUT2D eigenvalue weighted by Gasteiger charge is -2.23. The van der Waals surface area contributed by atoms with Crippen LogP contribution in [0.1, 0.15) is 19.4 Å². The second-order valence-electron chi connectivity index (χ2n) is 5.48. The van der Waals surface area contributed by atoms with E-state index in [2.05, 4.69) is 17.4 Å². The first-order valence-corrected chi connectivity index (χ1v) is 7.54. The summed E-state index contributed by atoms with van der Waals surface area (Å²) in [5, 5.41) is 9.70. The third kappa shape index (κ3) is 7.45. The molecule has 132 valence electrons. The van der Waals surface area contributed by atoms with Crippen molar-refractivity contribution in [3.05, 3.63) is 47.5 Å². The predicted molar refractivity (Wildman–Crippen MR) is 89.6 cm³/mol. The Kier molecular flexibility index (Phi) is 7.70. The van der Waals surface area contributed by atoms with Crippen LogP contribution in [-0.4, -0.2) is 35.4 Å². The van der Waals surface area contributed by atoms with Crippen LogP contribution in [-0.2, 0) is 20.9 Å². The number of carbonyl (C=O) groups excluding carboxylic acids is 1. The van der Waals surface area contributed by atoms with Crippen molar-refractivity contribution in [3.63, 3.8) is 0 Å². The quantitative estimate of drug-likeness (QED) is 0.464. The number of carbonyl (C=O) groups is 2. The Morgan fingerprint density at radius 2 is 2.00 bits per heavy atom. The van der Waals surface area contributed by atoms with Gasteiger partial charge >= 0.3 is 12.1 Å². The molecule has 8 heteroatoms. The molecular weight excluding hydrogens is 336 g/mol. The number of hydrogen-bond acceptors (Lipinski definition) is 5. The monoisotopic (exact) mass is 356 g/mol. The highest BCUT2D eigenvalue weighted by Gasteiger charge is 2.22. The lowest BCUT2D eigenvalue weighted by molar-refractivity contribution is -0.142. The fourth-order valence-corrected chi connectivity index (χ4v) is 1.57. The van der Waals surface area contributed by atoms with Crippen LogP contribution >= 0.6 is 11.6 Å². The lowest BCUT2D eigenvalue weighted by Crippen LogP contribution is -2.51. The standard InChI is InChI=1S/C16H21ClN2O5/c1-4-16(2,3)24-10-13(14(20)21)18-19-15(22)23-9-11-5-7-12(17)8-6-11/h4-8,13,18H,1,9-10H2,2-3H3,(H,19,22)(H,20,21)/t13-/m0/s1. The molecule has 0 aliphatic heterocycles. The molecule has 0 saturated carbocycles. The van der Waals surface area contributed by atoms with Gasteiger partial charge in [-0.25, -0.2) is 10.2 Å². The normalized spacial score (nSPS) is 12.3. The maximum absolute atomic E-state index is 11.6. The molecule has 0 bridgehead atoms. The highest BCUT2D eigenvalue weighted by molar-refractivity contribution is 6.30. The number of hydrazine groups is 1. The molecule has 1 atom stereocenters. The van der Waals surface area contributed by atoms with Crippen molar-refractivity contribution in [2.24, 2.45) is 0 Å². The summed E-state index contributed by atoms with van der Waals surface area (Å²) >= 11 is 5.76. The third-order valence-corrected chi connectivity index (χ3v) is 3.30. The van der Waals surface area contributed by atoms with Crippen molar-refractivity contribution in [2.75, 3.05) is 6.61 Å². The first kappa shape index (κ1) is 20.0. The molecule has 7 nitrogen and oxygen atoms in total. The van der Waals surface area contributed by atoms with Gasteiger partial charge in [-0.3, -0.25) is 10.2 Å². The van der Waals surface area contributed by atoms with Gasteiger partial charge in [-0.2, -0.15) is 0 Å². The highest BCUT2D eigenvalue weighted by Crippen LogP contribution is 2.11. The smallest absolute Gasteiger partial charge is 0.421 e. The van der Waals surface area contributed by atoms with Crippen LogP contribution in [0.5, 0.6) is 0 Å². The van der Waals surface area contributed by atoms with Crippen LogP contribution in [0, 0.1) is 0 Å². The molecule has 0 aliphatic rings. The number of carboxylic acids is 1. The topological polar surface area (TPSA) is 96.9 Å². The van der Waals surface area contributed by atoms with Gasteiger partial charge in [0.15, 0.2) is 0 Å². The second-order valence-corrected chi connectivity index (χ2v) is 5.92. The van der Waals surface area contributed by atoms with Crippen molar-refractivity contribution >= 4 is 23.7 Å². The van der Waals surface area contributed by atoms with Crippen LogP contribution in [0.3, 0.4) is 0 Å². The van der Waals surface area contributed by atoms with E-state index in [-0.39, 0.29) is 13.2 Å². The van der Waals surface area contributed by atoms with Crippen LogP contribution in [0.2, 0.25) is 5.02 Å². The van der Waals surface area contributed by atoms with E-state index in [0.717, 1.165) is 5.56 Å². The van der Waals surface area contributed by atoms with E-state index in [9.17, 15) is 9.59 Å². The second kappa shape index (κ2) is 9.27. The Balaban J connectivity index is 2.40. The number of benzene rings is 1. The van der Waals surface area contributed by atoms with Gasteiger partial charge < -0.3 is 14.6 Å². The number of aliphatic carboxylic acids is 1. The molecule has 1 aromatic rings. The van der Waals surface area contributed by atoms with Crippen molar-refractivity contribution in [1.82, 2.24) is 10.9 Å². The van der Waals surface area contributed by atoms with E-state index in [1.165, 1.54) is 0 Å². The van der Waals surface area contributed by atoms with E-state index < -0.39 is 23.7 Å². The Morgan fingerprint density at radius 3 is 2.54 bits per heavy atom. The third-order valence-electron chi connectivity index (χ3n) is 3.04. The average Bonchev–Trinajstić information content (AvgIpc) is 2.53. The van der Waals surface area contributed by atoms with Gasteiger partial charge in [0.05, 0.1) is 12.2 Å². The van der Waals surface area contributed by atoms with E-state index in [4.69, 9.17) is 26.2 Å². The lowest BCUT2D eigenvalue weighted by atomic mass is 10.1. The van der Waals surface area contributed by atoms with Gasteiger partial charge in [0, 0.05) is 5.02 Å². The molecule has 1 rings (SSSR count). The van der Waals surface area contributed by atoms with Gasteiger partial charge in [-0.1, -0.05) is 29.8 Å². The number of halogens is 1. The number of carboxylic acid groups (broad SMARTS) is 1. The Morgan fingerprint density at radius 1 is 1.38 bits per heavy atom. The molecule has 24 heavy (non-hydrogen) atoms. The van der Waals surface area contributed by atoms with E-state index in [1.54, 1.807) is 44.2 Å². The average molecular weight is 357 g/mol. The zero-order chi connectivity index (χ0) is 18.2. The van der Waals surface area contributed by atoms with Crippen LogP contribution in [0.15, 0.2) is 36.9 Å². The minimum absolute atomic E-state index is 0.0302. The number of nitrogens with one attached hydrogen (secondary N) is 2. The zero-order valence-corrected chi connectivity index (χ0v) is 14.3. The first-order valence-electron chi connectivity index (χ1n) is 7.16. The fourth-order valence-electron chi connectivity index (χ4n) is 1.44. The van der Waals surface area contributed by atoms with Gasteiger partial charge in [0.2, 0.25) is 0 Å². The summed E-state index contributed by atoms with van der Waals surface area (Å²) in [6, 6.07) is 5.65. The molecule has 0 heterocycles. The molecule has 0 fully saturated rings. The van der Waals surface area contributed by atoms with E-state index >= 15 is 0 Å². The summed E-state index contributed by atoms with van der Waals surface area (Å²) in [6.45, 7) is 6.95. The van der Waals surface area contributed by atoms with Crippen molar-refractivity contribution < 1.29 is 24.2 Å². The van der Waals surface area contributed by atoms with Crippen LogP contribution in [0.4, 0.5) is 4.79 Å². The molecule has 0 aliphatic carbocycles. The Bertz CT molecular complexity index is 574. The van der Waals surface area contributed by atoms with Crippen molar-refractivity contribution in [2.45, 2.75) is 32.1 Å². The van der Waals surface area contributed by atoms with Gasteiger partial charge in [-0.05, 0) is 31.5 Å². The summed E-state index contributed by atoms with van der Waals surface area (Å²) in [5.41, 5.74) is 4.61. The molecule has 0 unspecified atom stereocenters. The number of hydrogen-bond donors (Lipinski definition) is 3. The van der Waals surface area contributed by atoms with Gasteiger partial charge in [0.1, 0.15) is 12.6 Å². The van der Waals surface area contributed by atoms with Gasteiger partial charge in [0.25, 0.3) is 0 Å². The van der Waals surface area contributed by atoms with Crippen molar-refractivity contribution in [1.29, 1.82) is 0 Å². The fraction of sp³-hybridized carbons (Fsp3) is 0.375. The summed E-state index contributed by atoms with van der Waals surface area (Å²) < 4.78 is 10.4. The maximum atomic E-state index is 11.6. The number of rotatable bonds is 9. The summed E-state index contributed by atoms with van der Waals surface area (Å²) in [5.74, 6) is -1.17. The predicted octanol–water partition coefficient (Wildman–Crippen LogP) is 2.51. The van der Waals surface area contributed by atoms with E-state index in [0.29, 0.717) is 5.02 Å². The van der Waals surface area contributed by atoms with E-state index in [1.807, 2.05) is 0 Å².